The van der Waals surface area contributed by atoms with E-state index in [9.17, 15) is 18.0 Å². The number of carboxylic acid groups (broad SMARTS) is 1. The highest BCUT2D eigenvalue weighted by molar-refractivity contribution is 5.80. The molecule has 2 heterocycles. The van der Waals surface area contributed by atoms with Crippen LogP contribution in [0, 0.1) is 5.92 Å². The van der Waals surface area contributed by atoms with E-state index >= 15 is 0 Å². The summed E-state index contributed by atoms with van der Waals surface area (Å²) in [5, 5.41) is 10.2. The Bertz CT molecular complexity index is 380. The molecule has 0 radical (unpaired) electrons. The van der Waals surface area contributed by atoms with E-state index in [1.165, 1.54) is 12.8 Å². The van der Waals surface area contributed by atoms with Gasteiger partial charge in [-0.2, -0.15) is 13.2 Å². The molecule has 2 fully saturated rings. The van der Waals surface area contributed by atoms with Crippen LogP contribution in [-0.2, 0) is 14.3 Å². The molecule has 22 heavy (non-hydrogen) atoms. The van der Waals surface area contributed by atoms with E-state index in [2.05, 4.69) is 5.32 Å². The fraction of sp³-hybridized carbons (Fsp3) is 0.846. The molecule has 0 spiro atoms. The number of nitrogens with one attached hydrogen (secondary N) is 1. The summed E-state index contributed by atoms with van der Waals surface area (Å²) in [6.07, 6.45) is -1.32. The Morgan fingerprint density at radius 3 is 2.27 bits per heavy atom. The van der Waals surface area contributed by atoms with Gasteiger partial charge < -0.3 is 20.1 Å². The van der Waals surface area contributed by atoms with Crippen LogP contribution in [0.4, 0.5) is 13.2 Å². The summed E-state index contributed by atoms with van der Waals surface area (Å²) in [6.45, 7) is 3.30. The van der Waals surface area contributed by atoms with Crippen LogP contribution in [-0.4, -0.2) is 67.5 Å². The van der Waals surface area contributed by atoms with E-state index in [-0.39, 0.29) is 17.9 Å². The molecule has 1 amide bonds. The van der Waals surface area contributed by atoms with E-state index in [0.29, 0.717) is 0 Å². The van der Waals surface area contributed by atoms with Crippen LogP contribution in [0.1, 0.15) is 19.3 Å². The van der Waals surface area contributed by atoms with Crippen LogP contribution in [0.5, 0.6) is 0 Å². The van der Waals surface area contributed by atoms with Gasteiger partial charge in [0.05, 0.1) is 12.0 Å². The summed E-state index contributed by atoms with van der Waals surface area (Å²) in [5.41, 5.74) is 0. The average Bonchev–Trinajstić information content (AvgIpc) is 2.37. The van der Waals surface area contributed by atoms with Crippen LogP contribution in [0.2, 0.25) is 0 Å². The van der Waals surface area contributed by atoms with Gasteiger partial charge in [-0.1, -0.05) is 0 Å². The Balaban J connectivity index is 0.000000295. The average molecular weight is 326 g/mol. The van der Waals surface area contributed by atoms with Crippen molar-refractivity contribution in [3.8, 4) is 0 Å². The number of carboxylic acids is 1. The Hall–Kier alpha value is -1.35. The monoisotopic (exact) mass is 326 g/mol. The lowest BCUT2D eigenvalue weighted by atomic mass is 10.0. The molecule has 0 aliphatic carbocycles. The van der Waals surface area contributed by atoms with Gasteiger partial charge in [-0.3, -0.25) is 4.79 Å². The lowest BCUT2D eigenvalue weighted by Crippen LogP contribution is -2.52. The summed E-state index contributed by atoms with van der Waals surface area (Å²) in [5.74, 6) is -2.28. The van der Waals surface area contributed by atoms with Gasteiger partial charge in [-0.05, 0) is 19.3 Å². The number of amides is 1. The lowest BCUT2D eigenvalue weighted by Gasteiger charge is -2.33. The number of aliphatic carboxylic acids is 1. The van der Waals surface area contributed by atoms with E-state index in [1.807, 2.05) is 11.9 Å². The van der Waals surface area contributed by atoms with E-state index in [0.717, 1.165) is 32.7 Å². The zero-order chi connectivity index (χ0) is 16.8. The maximum Gasteiger partial charge on any atom is 0.490 e. The fourth-order valence-electron chi connectivity index (χ4n) is 2.12. The molecule has 9 heteroatoms. The number of carbonyl (C=O) groups is 2. The maximum absolute atomic E-state index is 11.8. The SMILES string of the molecule is CN(CC1CCCCO1)C(=O)C1CNC1.O=C(O)C(F)(F)F. The highest BCUT2D eigenvalue weighted by Gasteiger charge is 2.38. The topological polar surface area (TPSA) is 78.9 Å². The van der Waals surface area contributed by atoms with Gasteiger partial charge in [0.25, 0.3) is 0 Å². The first-order valence-electron chi connectivity index (χ1n) is 7.09. The highest BCUT2D eigenvalue weighted by Crippen LogP contribution is 2.15. The maximum atomic E-state index is 11.8. The van der Waals surface area contributed by atoms with E-state index in [4.69, 9.17) is 14.6 Å². The Labute approximate surface area is 126 Å². The molecule has 0 aromatic rings. The second-order valence-corrected chi connectivity index (χ2v) is 5.37. The summed E-state index contributed by atoms with van der Waals surface area (Å²) in [6, 6.07) is 0. The van der Waals surface area contributed by atoms with Crippen LogP contribution < -0.4 is 5.32 Å². The second kappa shape index (κ2) is 8.33. The van der Waals surface area contributed by atoms with Crippen molar-refractivity contribution in [3.05, 3.63) is 0 Å². The molecule has 128 valence electrons. The molecule has 2 aliphatic heterocycles. The van der Waals surface area contributed by atoms with Gasteiger partial charge in [-0.25, -0.2) is 4.79 Å². The third kappa shape index (κ3) is 6.18. The van der Waals surface area contributed by atoms with E-state index in [1.54, 1.807) is 0 Å². The Morgan fingerprint density at radius 2 is 1.91 bits per heavy atom. The summed E-state index contributed by atoms with van der Waals surface area (Å²) < 4.78 is 37.4. The smallest absolute Gasteiger partial charge is 0.475 e. The van der Waals surface area contributed by atoms with Crippen LogP contribution in [0.3, 0.4) is 0 Å². The standard InChI is InChI=1S/C11H20N2O2.C2HF3O2/c1-13(11(14)9-6-12-7-9)8-10-4-2-3-5-15-10;3-2(4,5)1(6)7/h9-10,12H,2-8H2,1H3;(H,6,7). The number of likely N-dealkylation sites (N-methyl/N-ethyl adjacent to an activating group) is 1. The molecule has 2 saturated heterocycles. The van der Waals surface area contributed by atoms with Crippen molar-refractivity contribution in [2.75, 3.05) is 33.3 Å². The molecule has 0 bridgehead atoms. The molecule has 1 atom stereocenters. The van der Waals surface area contributed by atoms with Crippen molar-refractivity contribution in [1.82, 2.24) is 10.2 Å². The number of alkyl halides is 3. The zero-order valence-electron chi connectivity index (χ0n) is 12.4. The molecule has 2 N–H and O–H groups in total. The minimum absolute atomic E-state index is 0.207. The number of nitrogens with zero attached hydrogens (tertiary/aromatic N) is 1. The molecule has 0 aromatic carbocycles. The lowest BCUT2D eigenvalue weighted by molar-refractivity contribution is -0.192. The molecular weight excluding hydrogens is 305 g/mol. The summed E-state index contributed by atoms with van der Waals surface area (Å²) >= 11 is 0. The number of ether oxygens (including phenoxy) is 1. The molecule has 2 rings (SSSR count). The molecule has 0 aromatic heterocycles. The predicted molar refractivity (Wildman–Crippen MR) is 71.3 cm³/mol. The number of halogens is 3. The predicted octanol–water partition coefficient (Wildman–Crippen LogP) is 0.867. The Kier molecular flexibility index (Phi) is 7.08. The summed E-state index contributed by atoms with van der Waals surface area (Å²) in [7, 11) is 1.89. The van der Waals surface area contributed by atoms with Crippen molar-refractivity contribution in [1.29, 1.82) is 0 Å². The Morgan fingerprint density at radius 1 is 1.32 bits per heavy atom. The van der Waals surface area contributed by atoms with Crippen molar-refractivity contribution in [2.45, 2.75) is 31.5 Å². The molecule has 2 aliphatic rings. The molecule has 1 unspecified atom stereocenters. The van der Waals surface area contributed by atoms with Crippen molar-refractivity contribution in [2.24, 2.45) is 5.92 Å². The van der Waals surface area contributed by atoms with E-state index < -0.39 is 12.1 Å². The quantitative estimate of drug-likeness (QED) is 0.804. The minimum atomic E-state index is -5.08. The normalized spacial score (nSPS) is 22.1. The van der Waals surface area contributed by atoms with Crippen LogP contribution >= 0.6 is 0 Å². The summed E-state index contributed by atoms with van der Waals surface area (Å²) in [4.78, 5) is 22.6. The first-order valence-corrected chi connectivity index (χ1v) is 7.09. The second-order valence-electron chi connectivity index (χ2n) is 5.37. The first kappa shape index (κ1) is 18.7. The van der Waals surface area contributed by atoms with Gasteiger partial charge in [0.1, 0.15) is 0 Å². The van der Waals surface area contributed by atoms with Gasteiger partial charge in [0.2, 0.25) is 5.91 Å². The van der Waals surface area contributed by atoms with Crippen molar-refractivity contribution in [3.63, 3.8) is 0 Å². The van der Waals surface area contributed by atoms with Crippen LogP contribution in [0.15, 0.2) is 0 Å². The van der Waals surface area contributed by atoms with Gasteiger partial charge in [-0.15, -0.1) is 0 Å². The molecular formula is C13H21F3N2O4. The largest absolute Gasteiger partial charge is 0.490 e. The number of hydrogen-bond donors (Lipinski definition) is 2. The third-order valence-corrected chi connectivity index (χ3v) is 3.50. The molecule has 6 nitrogen and oxygen atoms in total. The highest BCUT2D eigenvalue weighted by atomic mass is 19.4. The number of carbonyl (C=O) groups excluding carboxylic acids is 1. The van der Waals surface area contributed by atoms with Crippen molar-refractivity contribution >= 4 is 11.9 Å². The van der Waals surface area contributed by atoms with Crippen molar-refractivity contribution < 1.29 is 32.6 Å². The third-order valence-electron chi connectivity index (χ3n) is 3.50. The van der Waals surface area contributed by atoms with Gasteiger partial charge in [0.15, 0.2) is 0 Å². The number of rotatable bonds is 3. The van der Waals surface area contributed by atoms with Crippen LogP contribution in [0.25, 0.3) is 0 Å². The minimum Gasteiger partial charge on any atom is -0.475 e. The van der Waals surface area contributed by atoms with Gasteiger partial charge >= 0.3 is 12.1 Å². The van der Waals surface area contributed by atoms with Gasteiger partial charge in [0, 0.05) is 33.3 Å². The molecule has 0 saturated carbocycles. The number of hydrogen-bond acceptors (Lipinski definition) is 4. The zero-order valence-corrected chi connectivity index (χ0v) is 12.4. The fourth-order valence-corrected chi connectivity index (χ4v) is 2.12. The first-order chi connectivity index (χ1) is 10.2.